The summed E-state index contributed by atoms with van der Waals surface area (Å²) in [4.78, 5) is 10.8. The molecule has 0 saturated carbocycles. The number of aromatic carboxylic acids is 1. The van der Waals surface area contributed by atoms with Crippen molar-refractivity contribution >= 4 is 5.97 Å². The van der Waals surface area contributed by atoms with Crippen LogP contribution in [-0.2, 0) is 13.0 Å². The van der Waals surface area contributed by atoms with E-state index in [4.69, 9.17) is 5.11 Å². The van der Waals surface area contributed by atoms with Crippen molar-refractivity contribution in [3.63, 3.8) is 0 Å². The quantitative estimate of drug-likeness (QED) is 0.707. The number of halogens is 1. The van der Waals surface area contributed by atoms with E-state index in [9.17, 15) is 9.18 Å². The van der Waals surface area contributed by atoms with E-state index in [1.807, 2.05) is 0 Å². The normalized spacial score (nSPS) is 14.9. The van der Waals surface area contributed by atoms with Crippen molar-refractivity contribution in [2.24, 2.45) is 0 Å². The second kappa shape index (κ2) is 3.38. The number of benzene rings is 1. The Hall–Kier alpha value is -1.42. The van der Waals surface area contributed by atoms with Gasteiger partial charge in [0.25, 0.3) is 0 Å². The summed E-state index contributed by atoms with van der Waals surface area (Å²) in [5, 5.41) is 11.9. The zero-order valence-corrected chi connectivity index (χ0v) is 7.51. The Morgan fingerprint density at radius 3 is 3.00 bits per heavy atom. The number of rotatable bonds is 1. The number of fused-ring (bicyclic) bond motifs is 1. The average molecular weight is 195 g/mol. The minimum absolute atomic E-state index is 0.185. The van der Waals surface area contributed by atoms with Crippen LogP contribution in [0.4, 0.5) is 4.39 Å². The minimum atomic E-state index is -1.19. The third-order valence-electron chi connectivity index (χ3n) is 2.45. The molecule has 3 nitrogen and oxygen atoms in total. The van der Waals surface area contributed by atoms with Gasteiger partial charge in [0.05, 0.1) is 5.56 Å². The van der Waals surface area contributed by atoms with Crippen molar-refractivity contribution in [2.75, 3.05) is 6.54 Å². The van der Waals surface area contributed by atoms with E-state index in [2.05, 4.69) is 5.32 Å². The molecular formula is C10H10FNO2. The van der Waals surface area contributed by atoms with Gasteiger partial charge < -0.3 is 10.4 Å². The second-order valence-electron chi connectivity index (χ2n) is 3.29. The van der Waals surface area contributed by atoms with Gasteiger partial charge in [0.2, 0.25) is 0 Å². The maximum Gasteiger partial charge on any atom is 0.339 e. The zero-order valence-electron chi connectivity index (χ0n) is 7.51. The molecule has 0 atom stereocenters. The highest BCUT2D eigenvalue weighted by molar-refractivity contribution is 5.90. The molecule has 1 aromatic carbocycles. The first-order valence-corrected chi connectivity index (χ1v) is 4.44. The molecule has 0 saturated heterocycles. The number of hydrogen-bond donors (Lipinski definition) is 2. The highest BCUT2D eigenvalue weighted by Gasteiger charge is 2.20. The van der Waals surface area contributed by atoms with E-state index < -0.39 is 11.8 Å². The molecule has 1 aliphatic heterocycles. The number of hydrogen-bond acceptors (Lipinski definition) is 2. The summed E-state index contributed by atoms with van der Waals surface area (Å²) < 4.78 is 13.2. The van der Waals surface area contributed by atoms with E-state index in [1.165, 1.54) is 6.07 Å². The Morgan fingerprint density at radius 2 is 2.29 bits per heavy atom. The van der Waals surface area contributed by atoms with Gasteiger partial charge in [-0.05, 0) is 30.2 Å². The SMILES string of the molecule is O=C(O)c1c(F)ccc2c1CNCC2. The third kappa shape index (κ3) is 1.37. The van der Waals surface area contributed by atoms with Crippen LogP contribution in [0.15, 0.2) is 12.1 Å². The van der Waals surface area contributed by atoms with Gasteiger partial charge in [-0.2, -0.15) is 0 Å². The molecule has 0 spiro atoms. The Balaban J connectivity index is 2.60. The van der Waals surface area contributed by atoms with Gasteiger partial charge in [-0.3, -0.25) is 0 Å². The first-order chi connectivity index (χ1) is 6.70. The molecule has 0 fully saturated rings. The van der Waals surface area contributed by atoms with Gasteiger partial charge in [-0.15, -0.1) is 0 Å². The summed E-state index contributed by atoms with van der Waals surface area (Å²) in [6.07, 6.45) is 0.760. The fourth-order valence-corrected chi connectivity index (χ4v) is 1.77. The maximum atomic E-state index is 13.2. The van der Waals surface area contributed by atoms with Crippen LogP contribution in [-0.4, -0.2) is 17.6 Å². The van der Waals surface area contributed by atoms with Gasteiger partial charge in [-0.1, -0.05) is 6.07 Å². The summed E-state index contributed by atoms with van der Waals surface area (Å²) in [7, 11) is 0. The predicted molar refractivity (Wildman–Crippen MR) is 48.8 cm³/mol. The fourth-order valence-electron chi connectivity index (χ4n) is 1.77. The summed E-state index contributed by atoms with van der Waals surface area (Å²) in [6, 6.07) is 2.89. The first kappa shape index (κ1) is 9.15. The van der Waals surface area contributed by atoms with Crippen LogP contribution in [0.25, 0.3) is 0 Å². The van der Waals surface area contributed by atoms with Crippen molar-refractivity contribution < 1.29 is 14.3 Å². The number of carboxylic acids is 1. The van der Waals surface area contributed by atoms with Crippen LogP contribution in [0.2, 0.25) is 0 Å². The largest absolute Gasteiger partial charge is 0.478 e. The molecule has 0 bridgehead atoms. The van der Waals surface area contributed by atoms with Crippen molar-refractivity contribution in [1.29, 1.82) is 0 Å². The Kier molecular flexibility index (Phi) is 2.21. The van der Waals surface area contributed by atoms with Crippen LogP contribution in [0.1, 0.15) is 21.5 Å². The monoisotopic (exact) mass is 195 g/mol. The summed E-state index contributed by atoms with van der Waals surface area (Å²) in [6.45, 7) is 1.26. The topological polar surface area (TPSA) is 49.3 Å². The van der Waals surface area contributed by atoms with Crippen LogP contribution < -0.4 is 5.32 Å². The Labute approximate surface area is 80.6 Å². The van der Waals surface area contributed by atoms with Gasteiger partial charge in [0.15, 0.2) is 0 Å². The van der Waals surface area contributed by atoms with E-state index in [1.54, 1.807) is 6.07 Å². The lowest BCUT2D eigenvalue weighted by atomic mass is 9.95. The molecule has 1 aliphatic rings. The summed E-state index contributed by atoms with van der Waals surface area (Å²) in [5.41, 5.74) is 1.33. The fraction of sp³-hybridized carbons (Fsp3) is 0.300. The molecule has 1 aromatic rings. The van der Waals surface area contributed by atoms with Crippen LogP contribution >= 0.6 is 0 Å². The highest BCUT2D eigenvalue weighted by atomic mass is 19.1. The molecule has 2 N–H and O–H groups in total. The molecule has 74 valence electrons. The van der Waals surface area contributed by atoms with Crippen LogP contribution in [0, 0.1) is 5.82 Å². The minimum Gasteiger partial charge on any atom is -0.478 e. The van der Waals surface area contributed by atoms with E-state index in [-0.39, 0.29) is 5.56 Å². The van der Waals surface area contributed by atoms with Gasteiger partial charge in [0, 0.05) is 6.54 Å². The molecule has 14 heavy (non-hydrogen) atoms. The molecule has 2 rings (SSSR count). The van der Waals surface area contributed by atoms with E-state index >= 15 is 0 Å². The van der Waals surface area contributed by atoms with Gasteiger partial charge in [0.1, 0.15) is 5.82 Å². The molecule has 4 heteroatoms. The van der Waals surface area contributed by atoms with Gasteiger partial charge >= 0.3 is 5.97 Å². The van der Waals surface area contributed by atoms with Crippen molar-refractivity contribution in [2.45, 2.75) is 13.0 Å². The lowest BCUT2D eigenvalue weighted by molar-refractivity contribution is 0.0690. The average Bonchev–Trinajstić information content (AvgIpc) is 2.17. The molecule has 0 radical (unpaired) electrons. The highest BCUT2D eigenvalue weighted by Crippen LogP contribution is 2.21. The van der Waals surface area contributed by atoms with E-state index in [0.717, 1.165) is 18.5 Å². The maximum absolute atomic E-state index is 13.2. The lowest BCUT2D eigenvalue weighted by Gasteiger charge is -2.18. The first-order valence-electron chi connectivity index (χ1n) is 4.44. The summed E-state index contributed by atoms with van der Waals surface area (Å²) in [5.74, 6) is -1.84. The Morgan fingerprint density at radius 1 is 1.50 bits per heavy atom. The molecule has 1 heterocycles. The number of nitrogens with one attached hydrogen (secondary N) is 1. The lowest BCUT2D eigenvalue weighted by Crippen LogP contribution is -2.26. The molecule has 0 amide bonds. The van der Waals surface area contributed by atoms with E-state index in [0.29, 0.717) is 12.1 Å². The number of carbonyl (C=O) groups is 1. The molecule has 0 aromatic heterocycles. The van der Waals surface area contributed by atoms with Crippen LogP contribution in [0.5, 0.6) is 0 Å². The molecule has 0 aliphatic carbocycles. The predicted octanol–water partition coefficient (Wildman–Crippen LogP) is 1.17. The molecular weight excluding hydrogens is 185 g/mol. The van der Waals surface area contributed by atoms with Crippen molar-refractivity contribution in [3.05, 3.63) is 34.6 Å². The number of carboxylic acid groups (broad SMARTS) is 1. The summed E-state index contributed by atoms with van der Waals surface area (Å²) >= 11 is 0. The second-order valence-corrected chi connectivity index (χ2v) is 3.29. The standard InChI is InChI=1S/C10H10FNO2/c11-8-2-1-6-3-4-12-5-7(6)9(8)10(13)14/h1-2,12H,3-5H2,(H,13,14). The van der Waals surface area contributed by atoms with Crippen molar-refractivity contribution in [1.82, 2.24) is 5.32 Å². The smallest absolute Gasteiger partial charge is 0.339 e. The van der Waals surface area contributed by atoms with Gasteiger partial charge in [-0.25, -0.2) is 9.18 Å². The third-order valence-corrected chi connectivity index (χ3v) is 2.45. The van der Waals surface area contributed by atoms with Crippen LogP contribution in [0.3, 0.4) is 0 Å². The molecule has 0 unspecified atom stereocenters. The zero-order chi connectivity index (χ0) is 10.1. The van der Waals surface area contributed by atoms with Crippen molar-refractivity contribution in [3.8, 4) is 0 Å². The Bertz CT molecular complexity index is 390.